The summed E-state index contributed by atoms with van der Waals surface area (Å²) in [5.41, 5.74) is -5.90. The molecule has 232 valence electrons. The number of aliphatic hydroxyl groups excluding tert-OH is 1. The van der Waals surface area contributed by atoms with Gasteiger partial charge in [0, 0.05) is 30.3 Å². The van der Waals surface area contributed by atoms with Crippen LogP contribution in [-0.4, -0.2) is 57.0 Å². The number of piperidine rings is 1. The van der Waals surface area contributed by atoms with Crippen molar-refractivity contribution in [3.05, 3.63) is 63.9 Å². The summed E-state index contributed by atoms with van der Waals surface area (Å²) in [6, 6.07) is 3.41. The largest absolute Gasteiger partial charge is 0.508 e. The lowest BCUT2D eigenvalue weighted by Crippen LogP contribution is -2.75. The number of carbonyl (C=O) groups excluding carboxylic acids is 1. The second-order valence-corrected chi connectivity index (χ2v) is 12.0. The lowest BCUT2D eigenvalue weighted by Gasteiger charge is -2.62. The Labute approximate surface area is 242 Å². The maximum atomic E-state index is 13.5. The highest BCUT2D eigenvalue weighted by atomic mass is 19.4. The fraction of sp³-hybridized carbons (Fsp3) is 0.500. The van der Waals surface area contributed by atoms with Gasteiger partial charge in [-0.15, -0.1) is 0 Å². The van der Waals surface area contributed by atoms with Crippen LogP contribution >= 0.6 is 0 Å². The molecule has 3 aliphatic carbocycles. The summed E-state index contributed by atoms with van der Waals surface area (Å²) in [5.74, 6) is -1.40. The number of benzene rings is 2. The fourth-order valence-corrected chi connectivity index (χ4v) is 7.60. The highest BCUT2D eigenvalue weighted by Crippen LogP contribution is 2.66. The number of likely N-dealkylation sites (tertiary alicyclic amines) is 1. The van der Waals surface area contributed by atoms with E-state index in [2.05, 4.69) is 10.2 Å². The van der Waals surface area contributed by atoms with Crippen LogP contribution < -0.4 is 10.1 Å². The van der Waals surface area contributed by atoms with Gasteiger partial charge in [0.25, 0.3) is 5.91 Å². The van der Waals surface area contributed by atoms with Crippen molar-refractivity contribution in [3.63, 3.8) is 0 Å². The third-order valence-electron chi connectivity index (χ3n) is 9.64. The number of rotatable bonds is 4. The van der Waals surface area contributed by atoms with Gasteiger partial charge in [-0.1, -0.05) is 13.5 Å². The first-order chi connectivity index (χ1) is 19.6. The predicted octanol–water partition coefficient (Wildman–Crippen LogP) is 5.69. The Morgan fingerprint density at radius 1 is 1.05 bits per heavy atom. The Bertz CT molecular complexity index is 1520. The molecule has 1 saturated carbocycles. The quantitative estimate of drug-likeness (QED) is 0.331. The van der Waals surface area contributed by atoms with E-state index in [1.807, 2.05) is 0 Å². The molecule has 2 fully saturated rings. The number of phenolic OH excluding ortho intramolecular Hbond substituents is 1. The number of alkyl halides is 6. The number of phenols is 1. The molecule has 13 heteroatoms. The lowest BCUT2D eigenvalue weighted by atomic mass is 9.49. The topological polar surface area (TPSA) is 102 Å². The van der Waals surface area contributed by atoms with E-state index in [9.17, 15) is 46.5 Å². The number of nitrogens with one attached hydrogen (secondary N) is 1. The highest BCUT2D eigenvalue weighted by molar-refractivity contribution is 6.05. The Morgan fingerprint density at radius 3 is 2.30 bits per heavy atom. The van der Waals surface area contributed by atoms with Gasteiger partial charge in [-0.25, -0.2) is 0 Å². The van der Waals surface area contributed by atoms with Gasteiger partial charge in [-0.05, 0) is 68.0 Å². The third-order valence-corrected chi connectivity index (χ3v) is 9.64. The molecule has 2 aromatic rings. The molecule has 7 nitrogen and oxygen atoms in total. The van der Waals surface area contributed by atoms with E-state index >= 15 is 0 Å². The predicted molar refractivity (Wildman–Crippen MR) is 142 cm³/mol. The van der Waals surface area contributed by atoms with Crippen molar-refractivity contribution >= 4 is 11.6 Å². The molecule has 0 aromatic heterocycles. The van der Waals surface area contributed by atoms with Crippen molar-refractivity contribution in [3.8, 4) is 11.5 Å². The SMILES string of the molecule is C.O=C(Nc1cc(C(F)(F)F)cc(C(F)(F)F)c1)C1=C(O)[C@@H]2Oc3c(O)ccc4c3[C@@]23CCN(CC2CC2)[C@H](C4)[C@]3(O)C1. The fourth-order valence-electron chi connectivity index (χ4n) is 7.60. The van der Waals surface area contributed by atoms with Gasteiger partial charge in [-0.3, -0.25) is 9.69 Å². The van der Waals surface area contributed by atoms with Crippen LogP contribution in [0.1, 0.15) is 55.4 Å². The number of hydrogen-bond acceptors (Lipinski definition) is 6. The summed E-state index contributed by atoms with van der Waals surface area (Å²) in [7, 11) is 0. The number of amides is 1. The van der Waals surface area contributed by atoms with Crippen molar-refractivity contribution in [1.29, 1.82) is 0 Å². The van der Waals surface area contributed by atoms with Gasteiger partial charge >= 0.3 is 12.4 Å². The number of carbonyl (C=O) groups is 1. The minimum Gasteiger partial charge on any atom is -0.508 e. The van der Waals surface area contributed by atoms with Crippen LogP contribution in [0.15, 0.2) is 41.7 Å². The van der Waals surface area contributed by atoms with Crippen LogP contribution in [0.25, 0.3) is 0 Å². The molecule has 0 radical (unpaired) electrons. The third kappa shape index (κ3) is 4.21. The van der Waals surface area contributed by atoms with E-state index in [-0.39, 0.29) is 25.0 Å². The average molecular weight is 613 g/mol. The standard InChI is InChI=1S/C29H26F6N2O5.CH4/c30-28(31,32)15-8-16(29(33,34)35)10-17(9-15)36-25(40)18-11-27(41)20-7-14-3-4-19(38)23-21(14)26(27,24(42-23)22(18)39)5-6-37(20)12-13-1-2-13;/h3-4,8-10,13,20,24,38-39,41H,1-2,5-7,11-12H2,(H,36,40);1H4/t20-,24+,26+,27-;/m1./s1. The zero-order valence-electron chi connectivity index (χ0n) is 21.9. The molecule has 2 heterocycles. The number of aromatic hydroxyl groups is 1. The van der Waals surface area contributed by atoms with Crippen molar-refractivity contribution in [2.24, 2.45) is 5.92 Å². The first kappa shape index (κ1) is 29.6. The Hall–Kier alpha value is -3.45. The molecule has 2 aromatic carbocycles. The molecule has 1 amide bonds. The van der Waals surface area contributed by atoms with E-state index < -0.39 is 76.0 Å². The summed E-state index contributed by atoms with van der Waals surface area (Å²) in [4.78, 5) is 15.7. The smallest absolute Gasteiger partial charge is 0.416 e. The molecule has 43 heavy (non-hydrogen) atoms. The molecular weight excluding hydrogens is 582 g/mol. The van der Waals surface area contributed by atoms with Gasteiger partial charge < -0.3 is 25.4 Å². The molecule has 5 aliphatic rings. The maximum absolute atomic E-state index is 13.5. The van der Waals surface area contributed by atoms with E-state index in [0.29, 0.717) is 43.0 Å². The molecule has 2 aliphatic heterocycles. The van der Waals surface area contributed by atoms with Crippen molar-refractivity contribution in [1.82, 2.24) is 4.90 Å². The zero-order valence-corrected chi connectivity index (χ0v) is 21.9. The Balaban J connectivity index is 0.00000329. The van der Waals surface area contributed by atoms with Crippen LogP contribution in [0, 0.1) is 5.92 Å². The van der Waals surface area contributed by atoms with E-state index in [0.717, 1.165) is 24.9 Å². The second kappa shape index (κ2) is 9.28. The molecule has 0 unspecified atom stereocenters. The first-order valence-corrected chi connectivity index (χ1v) is 13.6. The summed E-state index contributed by atoms with van der Waals surface area (Å²) < 4.78 is 86.5. The first-order valence-electron chi connectivity index (χ1n) is 13.6. The molecular formula is C30H30F6N2O5. The number of halogens is 6. The summed E-state index contributed by atoms with van der Waals surface area (Å²) >= 11 is 0. The van der Waals surface area contributed by atoms with Crippen LogP contribution in [0.4, 0.5) is 32.0 Å². The minimum absolute atomic E-state index is 0. The van der Waals surface area contributed by atoms with Gasteiger partial charge in [0.05, 0.1) is 27.7 Å². The number of nitrogens with zero attached hydrogens (tertiary/aromatic N) is 1. The highest BCUT2D eigenvalue weighted by Gasteiger charge is 2.73. The van der Waals surface area contributed by atoms with Crippen molar-refractivity contribution in [2.45, 2.75) is 75.0 Å². The monoisotopic (exact) mass is 612 g/mol. The van der Waals surface area contributed by atoms with Crippen LogP contribution in [0.3, 0.4) is 0 Å². The molecule has 2 bridgehead atoms. The van der Waals surface area contributed by atoms with Crippen LogP contribution in [-0.2, 0) is 29.0 Å². The number of ether oxygens (including phenoxy) is 1. The van der Waals surface area contributed by atoms with Crippen molar-refractivity contribution < 1.29 is 51.2 Å². The van der Waals surface area contributed by atoms with Gasteiger partial charge in [0.2, 0.25) is 0 Å². The maximum Gasteiger partial charge on any atom is 0.416 e. The lowest BCUT2D eigenvalue weighted by molar-refractivity contribution is -0.172. The van der Waals surface area contributed by atoms with Gasteiger partial charge in [-0.2, -0.15) is 26.3 Å². The van der Waals surface area contributed by atoms with Gasteiger partial charge in [0.1, 0.15) is 5.76 Å². The average Bonchev–Trinajstić information content (AvgIpc) is 3.64. The van der Waals surface area contributed by atoms with E-state index in [1.54, 1.807) is 6.07 Å². The molecule has 4 atom stereocenters. The minimum atomic E-state index is -5.12. The van der Waals surface area contributed by atoms with E-state index in [4.69, 9.17) is 4.74 Å². The number of hydrogen-bond donors (Lipinski definition) is 4. The Morgan fingerprint density at radius 2 is 1.70 bits per heavy atom. The van der Waals surface area contributed by atoms with Crippen molar-refractivity contribution in [2.75, 3.05) is 18.4 Å². The molecule has 1 spiro atoms. The van der Waals surface area contributed by atoms with Gasteiger partial charge in [0.15, 0.2) is 17.6 Å². The number of aliphatic hydroxyl groups is 2. The van der Waals surface area contributed by atoms with Crippen LogP contribution in [0.2, 0.25) is 0 Å². The molecule has 7 rings (SSSR count). The molecule has 1 saturated heterocycles. The van der Waals surface area contributed by atoms with Crippen LogP contribution in [0.5, 0.6) is 11.5 Å². The van der Waals surface area contributed by atoms with E-state index in [1.165, 1.54) is 6.07 Å². The normalized spacial score (nSPS) is 29.5. The number of anilines is 1. The second-order valence-electron chi connectivity index (χ2n) is 12.0. The molecule has 4 N–H and O–H groups in total. The Kier molecular flexibility index (Phi) is 6.39. The zero-order chi connectivity index (χ0) is 30.0. The summed E-state index contributed by atoms with van der Waals surface area (Å²) in [6.45, 7) is 1.29. The summed E-state index contributed by atoms with van der Waals surface area (Å²) in [5, 5.41) is 36.7. The summed E-state index contributed by atoms with van der Waals surface area (Å²) in [6.07, 6.45) is -9.15.